The van der Waals surface area contributed by atoms with Gasteiger partial charge in [0.05, 0.1) is 6.20 Å². The highest BCUT2D eigenvalue weighted by Gasteiger charge is 2.38. The highest BCUT2D eigenvalue weighted by molar-refractivity contribution is 5.85. The van der Waals surface area contributed by atoms with Gasteiger partial charge in [0.25, 0.3) is 0 Å². The molecule has 29 heavy (non-hydrogen) atoms. The summed E-state index contributed by atoms with van der Waals surface area (Å²) in [6.07, 6.45) is -1.99. The number of hydrogen-bond donors (Lipinski definition) is 3. The van der Waals surface area contributed by atoms with E-state index in [-0.39, 0.29) is 6.61 Å². The van der Waals surface area contributed by atoms with E-state index in [1.54, 1.807) is 6.20 Å². The first-order valence-corrected chi connectivity index (χ1v) is 8.13. The van der Waals surface area contributed by atoms with E-state index in [1.165, 1.54) is 0 Å². The van der Waals surface area contributed by atoms with E-state index in [2.05, 4.69) is 15.5 Å². The third-order valence-electron chi connectivity index (χ3n) is 3.42. The van der Waals surface area contributed by atoms with Crippen molar-refractivity contribution in [2.75, 3.05) is 5.32 Å². The van der Waals surface area contributed by atoms with Crippen molar-refractivity contribution < 1.29 is 32.6 Å². The number of ether oxygens (including phenoxy) is 1. The largest absolute Gasteiger partial charge is 0.490 e. The van der Waals surface area contributed by atoms with Crippen LogP contribution in [0.25, 0.3) is 11.1 Å². The van der Waals surface area contributed by atoms with Crippen molar-refractivity contribution >= 4 is 17.7 Å². The number of amides is 1. The Morgan fingerprint density at radius 3 is 2.17 bits per heavy atom. The molecule has 1 aromatic heterocycles. The van der Waals surface area contributed by atoms with Crippen molar-refractivity contribution in [3.63, 3.8) is 0 Å². The number of aromatic nitrogens is 2. The molecule has 152 valence electrons. The van der Waals surface area contributed by atoms with Crippen LogP contribution in [0.3, 0.4) is 0 Å². The molecular weight excluding hydrogens is 391 g/mol. The smallest absolute Gasteiger partial charge is 0.475 e. The second-order valence-electron chi connectivity index (χ2n) is 5.55. The number of anilines is 1. The lowest BCUT2D eigenvalue weighted by Gasteiger charge is -2.07. The molecule has 1 amide bonds. The normalized spacial score (nSPS) is 10.4. The summed E-state index contributed by atoms with van der Waals surface area (Å²) in [5, 5.41) is 16.5. The predicted molar refractivity (Wildman–Crippen MR) is 98.0 cm³/mol. The van der Waals surface area contributed by atoms with Gasteiger partial charge in [-0.1, -0.05) is 42.5 Å². The van der Waals surface area contributed by atoms with Gasteiger partial charge in [-0.05, 0) is 23.3 Å². The van der Waals surface area contributed by atoms with Crippen molar-refractivity contribution in [2.45, 2.75) is 12.8 Å². The number of carbonyl (C=O) groups excluding carboxylic acids is 1. The third-order valence-corrected chi connectivity index (χ3v) is 3.42. The first kappa shape index (κ1) is 21.5. The van der Waals surface area contributed by atoms with Crippen LogP contribution in [-0.4, -0.2) is 33.5 Å². The van der Waals surface area contributed by atoms with Crippen LogP contribution in [0, 0.1) is 0 Å². The van der Waals surface area contributed by atoms with Crippen LogP contribution in [0.1, 0.15) is 5.56 Å². The Morgan fingerprint density at radius 2 is 1.66 bits per heavy atom. The number of benzene rings is 2. The standard InChI is InChI=1S/C17H15N3O2.C2HF3O2/c21-17(22-12-13-4-2-1-3-5-13)20-16-8-6-14(7-9-16)15-10-18-19-11-15;3-2(4,5)1(6)7/h1-11H,12H2,(H,18,19)(H,20,21);(H,6,7). The quantitative estimate of drug-likeness (QED) is 0.592. The fourth-order valence-electron chi connectivity index (χ4n) is 2.03. The van der Waals surface area contributed by atoms with Crippen molar-refractivity contribution in [3.05, 3.63) is 72.6 Å². The topological polar surface area (TPSA) is 104 Å². The number of nitrogens with one attached hydrogen (secondary N) is 2. The van der Waals surface area contributed by atoms with Crippen LogP contribution in [0.2, 0.25) is 0 Å². The Kier molecular flexibility index (Phi) is 7.35. The molecule has 0 radical (unpaired) electrons. The van der Waals surface area contributed by atoms with Gasteiger partial charge in [-0.25, -0.2) is 9.59 Å². The zero-order chi connectivity index (χ0) is 21.3. The van der Waals surface area contributed by atoms with Crippen molar-refractivity contribution in [1.29, 1.82) is 0 Å². The summed E-state index contributed by atoms with van der Waals surface area (Å²) in [6, 6.07) is 17.0. The summed E-state index contributed by atoms with van der Waals surface area (Å²) in [4.78, 5) is 20.6. The number of halogens is 3. The molecule has 0 saturated heterocycles. The summed E-state index contributed by atoms with van der Waals surface area (Å²) in [6.45, 7) is 0.250. The lowest BCUT2D eigenvalue weighted by Crippen LogP contribution is -2.21. The maximum atomic E-state index is 11.8. The zero-order valence-corrected chi connectivity index (χ0v) is 14.8. The van der Waals surface area contributed by atoms with Gasteiger partial charge in [0.2, 0.25) is 0 Å². The summed E-state index contributed by atoms with van der Waals surface area (Å²) in [5.74, 6) is -2.76. The molecule has 0 unspecified atom stereocenters. The SMILES string of the molecule is O=C(Nc1ccc(-c2cn[nH]c2)cc1)OCc1ccccc1.O=C(O)C(F)(F)F. The van der Waals surface area contributed by atoms with E-state index < -0.39 is 18.2 Å². The summed E-state index contributed by atoms with van der Waals surface area (Å²) < 4.78 is 36.9. The molecule has 0 bridgehead atoms. The molecule has 0 aliphatic rings. The fraction of sp³-hybridized carbons (Fsp3) is 0.105. The maximum absolute atomic E-state index is 11.8. The van der Waals surface area contributed by atoms with Crippen molar-refractivity contribution in [1.82, 2.24) is 10.2 Å². The molecule has 1 heterocycles. The minimum atomic E-state index is -5.08. The predicted octanol–water partition coefficient (Wildman–Crippen LogP) is 4.46. The molecule has 2 aromatic carbocycles. The summed E-state index contributed by atoms with van der Waals surface area (Å²) in [5.41, 5.74) is 3.66. The lowest BCUT2D eigenvalue weighted by molar-refractivity contribution is -0.192. The number of aliphatic carboxylic acids is 1. The molecule has 3 aromatic rings. The highest BCUT2D eigenvalue weighted by Crippen LogP contribution is 2.20. The van der Waals surface area contributed by atoms with Crippen LogP contribution in [0.15, 0.2) is 67.0 Å². The van der Waals surface area contributed by atoms with E-state index >= 15 is 0 Å². The minimum absolute atomic E-state index is 0.250. The average molecular weight is 407 g/mol. The highest BCUT2D eigenvalue weighted by atomic mass is 19.4. The van der Waals surface area contributed by atoms with Gasteiger partial charge in [-0.15, -0.1) is 0 Å². The molecule has 0 spiro atoms. The van der Waals surface area contributed by atoms with Gasteiger partial charge in [-0.2, -0.15) is 18.3 Å². The van der Waals surface area contributed by atoms with Gasteiger partial charge in [0, 0.05) is 17.4 Å². The molecule has 10 heteroatoms. The van der Waals surface area contributed by atoms with Gasteiger partial charge < -0.3 is 9.84 Å². The second-order valence-corrected chi connectivity index (χ2v) is 5.55. The van der Waals surface area contributed by atoms with Crippen LogP contribution < -0.4 is 5.32 Å². The van der Waals surface area contributed by atoms with Gasteiger partial charge in [0.1, 0.15) is 6.61 Å². The zero-order valence-electron chi connectivity index (χ0n) is 14.8. The van der Waals surface area contributed by atoms with Crippen LogP contribution in [-0.2, 0) is 16.1 Å². The van der Waals surface area contributed by atoms with Crippen LogP contribution in [0.4, 0.5) is 23.7 Å². The lowest BCUT2D eigenvalue weighted by atomic mass is 10.1. The molecule has 0 aliphatic carbocycles. The van der Waals surface area contributed by atoms with E-state index in [4.69, 9.17) is 14.6 Å². The summed E-state index contributed by atoms with van der Waals surface area (Å²) >= 11 is 0. The Morgan fingerprint density at radius 1 is 1.03 bits per heavy atom. The number of hydrogen-bond acceptors (Lipinski definition) is 4. The monoisotopic (exact) mass is 407 g/mol. The fourth-order valence-corrected chi connectivity index (χ4v) is 2.03. The number of carboxylic acids is 1. The molecule has 3 rings (SSSR count). The first-order valence-electron chi connectivity index (χ1n) is 8.13. The van der Waals surface area contributed by atoms with E-state index in [1.807, 2.05) is 60.8 Å². The number of carbonyl (C=O) groups is 2. The molecule has 0 aliphatic heterocycles. The van der Waals surface area contributed by atoms with Crippen LogP contribution in [0.5, 0.6) is 0 Å². The van der Waals surface area contributed by atoms with E-state index in [0.717, 1.165) is 16.7 Å². The second kappa shape index (κ2) is 9.93. The van der Waals surface area contributed by atoms with E-state index in [0.29, 0.717) is 5.69 Å². The molecule has 0 atom stereocenters. The maximum Gasteiger partial charge on any atom is 0.490 e. The Hall–Kier alpha value is -3.82. The minimum Gasteiger partial charge on any atom is -0.475 e. The number of nitrogens with zero attached hydrogens (tertiary/aromatic N) is 1. The van der Waals surface area contributed by atoms with Crippen LogP contribution >= 0.6 is 0 Å². The van der Waals surface area contributed by atoms with Gasteiger partial charge in [0.15, 0.2) is 0 Å². The molecule has 0 fully saturated rings. The number of carboxylic acid groups (broad SMARTS) is 1. The first-order chi connectivity index (χ1) is 13.8. The van der Waals surface area contributed by atoms with Crippen molar-refractivity contribution in [3.8, 4) is 11.1 Å². The molecule has 0 saturated carbocycles. The molecule has 7 nitrogen and oxygen atoms in total. The number of rotatable bonds is 4. The number of aromatic amines is 1. The molecular formula is C19H16F3N3O4. The summed E-state index contributed by atoms with van der Waals surface area (Å²) in [7, 11) is 0. The Labute approximate surface area is 163 Å². The van der Waals surface area contributed by atoms with Gasteiger partial charge >= 0.3 is 18.2 Å². The average Bonchev–Trinajstić information content (AvgIpc) is 3.22. The Balaban J connectivity index is 0.000000370. The Bertz CT molecular complexity index is 912. The van der Waals surface area contributed by atoms with Crippen molar-refractivity contribution in [2.24, 2.45) is 0 Å². The third kappa shape index (κ3) is 7.37. The number of H-pyrrole nitrogens is 1. The van der Waals surface area contributed by atoms with E-state index in [9.17, 15) is 18.0 Å². The molecule has 3 N–H and O–H groups in total. The van der Waals surface area contributed by atoms with Gasteiger partial charge in [-0.3, -0.25) is 10.4 Å². The number of alkyl halides is 3.